The molecule has 0 radical (unpaired) electrons. The molecule has 4 atom stereocenters. The van der Waals surface area contributed by atoms with E-state index in [0.29, 0.717) is 15.6 Å². The van der Waals surface area contributed by atoms with Crippen molar-refractivity contribution < 1.29 is 14.9 Å². The van der Waals surface area contributed by atoms with E-state index in [1.165, 1.54) is 12.7 Å². The minimum absolute atomic E-state index is 0.266. The number of aliphatic hydroxyl groups excluding tert-OH is 2. The Morgan fingerprint density at radius 2 is 2.11 bits per heavy atom. The Balaban J connectivity index is 2.04. The first-order valence-electron chi connectivity index (χ1n) is 5.64. The molecule has 1 aliphatic rings. The molecule has 4 N–H and O–H groups in total. The van der Waals surface area contributed by atoms with Crippen molar-refractivity contribution in [1.29, 1.82) is 0 Å². The fourth-order valence-electron chi connectivity index (χ4n) is 2.14. The molecule has 2 aromatic heterocycles. The lowest BCUT2D eigenvalue weighted by Gasteiger charge is -2.16. The van der Waals surface area contributed by atoms with Crippen molar-refractivity contribution in [2.24, 2.45) is 0 Å². The zero-order valence-corrected chi connectivity index (χ0v) is 11.9. The number of anilines is 1. The van der Waals surface area contributed by atoms with E-state index in [1.807, 2.05) is 0 Å². The second-order valence-corrected chi connectivity index (χ2v) is 5.16. The number of hydrogen-bond acceptors (Lipinski definition) is 7. The van der Waals surface area contributed by atoms with Crippen molar-refractivity contribution in [3.63, 3.8) is 0 Å². The van der Waals surface area contributed by atoms with Gasteiger partial charge in [-0.3, -0.25) is 4.57 Å². The Morgan fingerprint density at radius 3 is 2.79 bits per heavy atom. The molecule has 1 aliphatic heterocycles. The van der Waals surface area contributed by atoms with E-state index in [4.69, 9.17) is 10.5 Å². The molecule has 1 saturated heterocycles. The van der Waals surface area contributed by atoms with Crippen LogP contribution in [0.3, 0.4) is 0 Å². The van der Waals surface area contributed by atoms with Crippen LogP contribution in [0.5, 0.6) is 0 Å². The summed E-state index contributed by atoms with van der Waals surface area (Å²) in [4.78, 5) is 12.1. The first-order chi connectivity index (χ1) is 9.13. The van der Waals surface area contributed by atoms with E-state index in [1.54, 1.807) is 4.57 Å². The van der Waals surface area contributed by atoms with Crippen LogP contribution in [0.1, 0.15) is 6.23 Å². The zero-order valence-electron chi connectivity index (χ0n) is 9.72. The minimum Gasteiger partial charge on any atom is -0.387 e. The standard InChI is InChI=1S/C10H12IN5O3/c11-1-4-6(17)7(18)10(19-4)16-3-15-5-8(12)13-2-14-9(5)16/h2-4,6-7,10,17-18H,1H2,(H2,12,13,14)/t4-,6+,7-,10-/m1/s1. The van der Waals surface area contributed by atoms with Crippen LogP contribution in [-0.2, 0) is 4.74 Å². The van der Waals surface area contributed by atoms with Crippen molar-refractivity contribution in [3.05, 3.63) is 12.7 Å². The Hall–Kier alpha value is -1.04. The molecule has 0 saturated carbocycles. The third-order valence-electron chi connectivity index (χ3n) is 3.15. The monoisotopic (exact) mass is 377 g/mol. The Kier molecular flexibility index (Phi) is 3.28. The first-order valence-corrected chi connectivity index (χ1v) is 7.16. The summed E-state index contributed by atoms with van der Waals surface area (Å²) in [5, 5.41) is 19.9. The molecule has 0 spiro atoms. The number of aromatic nitrogens is 4. The number of nitrogen functional groups attached to an aromatic ring is 1. The van der Waals surface area contributed by atoms with E-state index in [9.17, 15) is 10.2 Å². The highest BCUT2D eigenvalue weighted by Crippen LogP contribution is 2.32. The topological polar surface area (TPSA) is 119 Å². The van der Waals surface area contributed by atoms with E-state index in [2.05, 4.69) is 37.5 Å². The molecule has 102 valence electrons. The summed E-state index contributed by atoms with van der Waals surface area (Å²) in [7, 11) is 0. The fraction of sp³-hybridized carbons (Fsp3) is 0.500. The Morgan fingerprint density at radius 1 is 1.32 bits per heavy atom. The summed E-state index contributed by atoms with van der Waals surface area (Å²) >= 11 is 2.10. The molecule has 0 bridgehead atoms. The third kappa shape index (κ3) is 1.96. The molecule has 3 rings (SSSR count). The maximum absolute atomic E-state index is 10.1. The SMILES string of the molecule is Nc1ncnc2c1ncn2[C@@H]1O[C@H](CI)[C@H](O)[C@H]1O. The molecule has 2 aromatic rings. The minimum atomic E-state index is -1.03. The highest BCUT2D eigenvalue weighted by Gasteiger charge is 2.43. The molecular weight excluding hydrogens is 365 g/mol. The molecule has 0 unspecified atom stereocenters. The number of rotatable bonds is 2. The quantitative estimate of drug-likeness (QED) is 0.475. The summed E-state index contributed by atoms with van der Waals surface area (Å²) < 4.78 is 7.78. The van der Waals surface area contributed by atoms with Crippen LogP contribution in [0.4, 0.5) is 5.82 Å². The zero-order chi connectivity index (χ0) is 13.6. The Bertz CT molecular complexity index is 606. The number of hydrogen-bond donors (Lipinski definition) is 3. The summed E-state index contributed by atoms with van der Waals surface area (Å²) in [6.45, 7) is 0. The Labute approximate surface area is 121 Å². The maximum atomic E-state index is 10.1. The van der Waals surface area contributed by atoms with Gasteiger partial charge in [0.2, 0.25) is 0 Å². The number of aliphatic hydroxyl groups is 2. The van der Waals surface area contributed by atoms with E-state index < -0.39 is 24.5 Å². The van der Waals surface area contributed by atoms with Gasteiger partial charge < -0.3 is 20.7 Å². The lowest BCUT2D eigenvalue weighted by molar-refractivity contribution is -0.0283. The number of ether oxygens (including phenoxy) is 1. The molecule has 0 aliphatic carbocycles. The fourth-order valence-corrected chi connectivity index (χ4v) is 2.87. The summed E-state index contributed by atoms with van der Waals surface area (Å²) in [5.41, 5.74) is 6.62. The van der Waals surface area contributed by atoms with Gasteiger partial charge in [-0.1, -0.05) is 22.6 Å². The molecule has 19 heavy (non-hydrogen) atoms. The molecular formula is C10H12IN5O3. The van der Waals surface area contributed by atoms with Crippen molar-refractivity contribution in [2.75, 3.05) is 10.2 Å². The van der Waals surface area contributed by atoms with E-state index in [-0.39, 0.29) is 5.82 Å². The van der Waals surface area contributed by atoms with Crippen LogP contribution in [0.2, 0.25) is 0 Å². The van der Waals surface area contributed by atoms with Crippen LogP contribution in [0, 0.1) is 0 Å². The predicted octanol–water partition coefficient (Wildman–Crippen LogP) is -0.537. The van der Waals surface area contributed by atoms with Crippen LogP contribution in [0.15, 0.2) is 12.7 Å². The van der Waals surface area contributed by atoms with E-state index >= 15 is 0 Å². The second-order valence-electron chi connectivity index (χ2n) is 4.28. The molecule has 9 heteroatoms. The predicted molar refractivity (Wildman–Crippen MR) is 74.5 cm³/mol. The van der Waals surface area contributed by atoms with Crippen molar-refractivity contribution in [1.82, 2.24) is 19.5 Å². The number of nitrogens with two attached hydrogens (primary N) is 1. The van der Waals surface area contributed by atoms with Crippen LogP contribution < -0.4 is 5.73 Å². The van der Waals surface area contributed by atoms with Gasteiger partial charge in [-0.05, 0) is 0 Å². The lowest BCUT2D eigenvalue weighted by Crippen LogP contribution is -2.32. The second kappa shape index (κ2) is 4.81. The van der Waals surface area contributed by atoms with Crippen LogP contribution in [-0.4, -0.2) is 52.5 Å². The van der Waals surface area contributed by atoms with E-state index in [0.717, 1.165) is 0 Å². The summed E-state index contributed by atoms with van der Waals surface area (Å²) in [6, 6.07) is 0. The number of halogens is 1. The number of alkyl halides is 1. The van der Waals surface area contributed by atoms with Crippen molar-refractivity contribution in [3.8, 4) is 0 Å². The smallest absolute Gasteiger partial charge is 0.167 e. The van der Waals surface area contributed by atoms with Crippen LogP contribution >= 0.6 is 22.6 Å². The van der Waals surface area contributed by atoms with Gasteiger partial charge in [0.25, 0.3) is 0 Å². The summed E-state index contributed by atoms with van der Waals surface area (Å²) in [5.74, 6) is 0.266. The highest BCUT2D eigenvalue weighted by atomic mass is 127. The van der Waals surface area contributed by atoms with Gasteiger partial charge in [-0.2, -0.15) is 0 Å². The van der Waals surface area contributed by atoms with Gasteiger partial charge in [-0.15, -0.1) is 0 Å². The normalized spacial score (nSPS) is 31.1. The van der Waals surface area contributed by atoms with Crippen LogP contribution in [0.25, 0.3) is 11.2 Å². The molecule has 1 fully saturated rings. The average molecular weight is 377 g/mol. The van der Waals surface area contributed by atoms with Gasteiger partial charge in [-0.25, -0.2) is 15.0 Å². The lowest BCUT2D eigenvalue weighted by atomic mass is 10.1. The highest BCUT2D eigenvalue weighted by molar-refractivity contribution is 14.1. The number of imidazole rings is 1. The largest absolute Gasteiger partial charge is 0.387 e. The van der Waals surface area contributed by atoms with Gasteiger partial charge >= 0.3 is 0 Å². The first kappa shape index (κ1) is 13.0. The van der Waals surface area contributed by atoms with Crippen molar-refractivity contribution >= 4 is 39.6 Å². The van der Waals surface area contributed by atoms with Gasteiger partial charge in [0.15, 0.2) is 17.7 Å². The van der Waals surface area contributed by atoms with Gasteiger partial charge in [0.05, 0.1) is 12.4 Å². The molecule has 3 heterocycles. The average Bonchev–Trinajstić information content (AvgIpc) is 2.94. The molecule has 0 amide bonds. The van der Waals surface area contributed by atoms with Gasteiger partial charge in [0, 0.05) is 4.43 Å². The number of fused-ring (bicyclic) bond motifs is 1. The molecule has 0 aromatic carbocycles. The molecule has 8 nitrogen and oxygen atoms in total. The van der Waals surface area contributed by atoms with Crippen molar-refractivity contribution in [2.45, 2.75) is 24.5 Å². The van der Waals surface area contributed by atoms with Gasteiger partial charge in [0.1, 0.15) is 24.1 Å². The third-order valence-corrected chi connectivity index (χ3v) is 4.02. The number of nitrogens with zero attached hydrogens (tertiary/aromatic N) is 4. The summed E-state index contributed by atoms with van der Waals surface area (Å²) in [6.07, 6.45) is -0.312. The maximum Gasteiger partial charge on any atom is 0.167 e.